The number of carbonyl (C=O) groups is 8. The van der Waals surface area contributed by atoms with Gasteiger partial charge in [-0.2, -0.15) is 5.26 Å². The number of alkyl halides is 3. The fourth-order valence-corrected chi connectivity index (χ4v) is 6.15. The molecule has 0 saturated heterocycles. The van der Waals surface area contributed by atoms with Crippen LogP contribution in [0.15, 0.2) is 49.6 Å². The van der Waals surface area contributed by atoms with Gasteiger partial charge in [0.05, 0.1) is 11.9 Å². The van der Waals surface area contributed by atoms with Crippen molar-refractivity contribution >= 4 is 81.8 Å². The molecule has 19 heteroatoms. The maximum Gasteiger partial charge on any atom is 0.243 e. The molecular formula is C73H137Cl3N8O8. The van der Waals surface area contributed by atoms with E-state index in [1.54, 1.807) is 24.1 Å². The molecule has 538 valence electrons. The van der Waals surface area contributed by atoms with Crippen LogP contribution < -0.4 is 26.6 Å². The molecule has 5 N–H and O–H groups in total. The summed E-state index contributed by atoms with van der Waals surface area (Å²) in [5.74, 6) is 0.313. The largest absolute Gasteiger partial charge is 0.355 e. The van der Waals surface area contributed by atoms with E-state index in [0.717, 1.165) is 64.6 Å². The molecule has 1 rings (SSSR count). The summed E-state index contributed by atoms with van der Waals surface area (Å²) in [7, 11) is 5.73. The third-order valence-corrected chi connectivity index (χ3v) is 12.4. The van der Waals surface area contributed by atoms with Crippen molar-refractivity contribution < 1.29 is 38.4 Å². The van der Waals surface area contributed by atoms with Gasteiger partial charge in [-0.05, 0) is 128 Å². The molecule has 16 nitrogen and oxygen atoms in total. The number of likely N-dealkylation sites (N-methyl/N-ethyl adjacent to an activating group) is 1. The van der Waals surface area contributed by atoms with Crippen molar-refractivity contribution in [3.05, 3.63) is 49.6 Å². The lowest BCUT2D eigenvalue weighted by Gasteiger charge is -2.23. The first kappa shape index (κ1) is 101. The average Bonchev–Trinajstić information content (AvgIpc) is 1.67. The highest BCUT2D eigenvalue weighted by atomic mass is 35.5. The lowest BCUT2D eigenvalue weighted by atomic mass is 9.89. The predicted octanol–water partition coefficient (Wildman–Crippen LogP) is 15.3. The van der Waals surface area contributed by atoms with Gasteiger partial charge in [0.2, 0.25) is 35.4 Å². The number of hydrogen-bond donors (Lipinski definition) is 5. The Balaban J connectivity index is -0.000000180. The fraction of sp³-hybridized carbons (Fsp3) is 0.767. The van der Waals surface area contributed by atoms with Crippen LogP contribution >= 0.6 is 34.8 Å². The minimum absolute atomic E-state index is 0.000849. The predicted molar refractivity (Wildman–Crippen MR) is 393 cm³/mol. The number of nitrogens with one attached hydrogen (secondary N) is 5. The molecule has 1 aliphatic rings. The summed E-state index contributed by atoms with van der Waals surface area (Å²) in [5, 5.41) is 22.6. The number of Topliss-reactive ketones (excluding diaryl/α,β-unsaturated/α-hetero) is 1. The highest BCUT2D eigenvalue weighted by Gasteiger charge is 2.50. The van der Waals surface area contributed by atoms with E-state index in [2.05, 4.69) is 212 Å². The highest BCUT2D eigenvalue weighted by molar-refractivity contribution is 6.28. The van der Waals surface area contributed by atoms with Gasteiger partial charge < -0.3 is 36.4 Å². The molecule has 6 amide bonds. The van der Waals surface area contributed by atoms with Gasteiger partial charge in [0.15, 0.2) is 5.78 Å². The monoisotopic (exact) mass is 1360 g/mol. The van der Waals surface area contributed by atoms with Crippen LogP contribution in [0.4, 0.5) is 0 Å². The normalized spacial score (nSPS) is 12.6. The number of carbonyl (C=O) groups excluding carboxylic acids is 8. The highest BCUT2D eigenvalue weighted by Crippen LogP contribution is 2.45. The Labute approximate surface area is 578 Å². The zero-order chi connectivity index (χ0) is 74.2. The summed E-state index contributed by atoms with van der Waals surface area (Å²) in [6.45, 7) is 64.3. The van der Waals surface area contributed by atoms with Crippen molar-refractivity contribution in [2.24, 2.45) is 48.7 Å². The molecule has 0 aliphatic heterocycles. The van der Waals surface area contributed by atoms with Crippen LogP contribution in [-0.2, 0) is 38.4 Å². The molecule has 0 spiro atoms. The first-order chi connectivity index (χ1) is 41.3. The van der Waals surface area contributed by atoms with Crippen molar-refractivity contribution in [1.29, 1.82) is 5.26 Å². The quantitative estimate of drug-likeness (QED) is 0.0480. The van der Waals surface area contributed by atoms with Crippen molar-refractivity contribution in [2.75, 3.05) is 84.6 Å². The molecule has 0 heterocycles. The number of ketones is 2. The van der Waals surface area contributed by atoms with Crippen molar-refractivity contribution in [2.45, 2.75) is 231 Å². The van der Waals surface area contributed by atoms with Crippen LogP contribution in [0, 0.1) is 60.1 Å². The minimum atomic E-state index is -0.675. The lowest BCUT2D eigenvalue weighted by molar-refractivity contribution is -0.127. The summed E-state index contributed by atoms with van der Waals surface area (Å²) < 4.78 is 0. The second-order valence-corrected chi connectivity index (χ2v) is 33.8. The Morgan fingerprint density at radius 3 is 1.16 bits per heavy atom. The topological polar surface area (TPSA) is 227 Å². The Kier molecular flexibility index (Phi) is 56.8. The number of nitrogens with zero attached hydrogens (tertiary/aromatic N) is 3. The molecule has 0 bridgehead atoms. The van der Waals surface area contributed by atoms with Gasteiger partial charge in [-0.25, -0.2) is 0 Å². The van der Waals surface area contributed by atoms with Crippen LogP contribution in [-0.4, -0.2) is 141 Å². The zero-order valence-electron chi connectivity index (χ0n) is 63.6. The number of nitriles is 1. The summed E-state index contributed by atoms with van der Waals surface area (Å²) in [6.07, 6.45) is 17.3. The maximum atomic E-state index is 11.5. The molecule has 0 aromatic heterocycles. The zero-order valence-corrected chi connectivity index (χ0v) is 65.8. The summed E-state index contributed by atoms with van der Waals surface area (Å²) in [4.78, 5) is 91.1. The number of allylic oxidation sites excluding steroid dienone is 2. The third kappa shape index (κ3) is 89.6. The minimum Gasteiger partial charge on any atom is -0.355 e. The van der Waals surface area contributed by atoms with Crippen molar-refractivity contribution in [1.82, 2.24) is 36.4 Å². The van der Waals surface area contributed by atoms with E-state index >= 15 is 0 Å². The van der Waals surface area contributed by atoms with Crippen molar-refractivity contribution in [3.8, 4) is 6.07 Å². The maximum absolute atomic E-state index is 11.5. The van der Waals surface area contributed by atoms with E-state index in [1.807, 2.05) is 32.0 Å². The van der Waals surface area contributed by atoms with Gasteiger partial charge in [-0.3, -0.25) is 38.4 Å². The first-order valence-corrected chi connectivity index (χ1v) is 33.9. The smallest absolute Gasteiger partial charge is 0.243 e. The Morgan fingerprint density at radius 1 is 0.489 bits per heavy atom. The van der Waals surface area contributed by atoms with E-state index < -0.39 is 5.41 Å². The number of rotatable bonds is 23. The Morgan fingerprint density at radius 2 is 0.859 bits per heavy atom. The number of halogens is 3. The van der Waals surface area contributed by atoms with Crippen LogP contribution in [0.3, 0.4) is 0 Å². The van der Waals surface area contributed by atoms with Gasteiger partial charge in [0, 0.05) is 71.8 Å². The van der Waals surface area contributed by atoms with Crippen LogP contribution in [0.2, 0.25) is 0 Å². The SMILES string of the molecule is C/C=C/C(=O)NCC(C)(C)C.C=CC(=O)CCCC(C)(C)C.C=CC(=O)NCC(C)(C)C.CC(C)(C)CCCC(=O)CCl.CC(C)(C)CNC(=O)C1(C#N)CC1.CC(C)(C)CNC(=O)CCl.CN(C)C/C=C/C(=O)NCC(C)(C)C.CN(CCC(C)(C)C)C(=O)CCl. The molecule has 0 atom stereocenters. The lowest BCUT2D eigenvalue weighted by Crippen LogP contribution is -2.37. The van der Waals surface area contributed by atoms with Crippen LogP contribution in [0.25, 0.3) is 0 Å². The molecule has 0 aromatic carbocycles. The molecule has 1 aliphatic carbocycles. The average molecular weight is 1360 g/mol. The molecule has 1 saturated carbocycles. The van der Waals surface area contributed by atoms with Crippen LogP contribution in [0.5, 0.6) is 0 Å². The second-order valence-electron chi connectivity index (χ2n) is 33.0. The number of hydrogen-bond acceptors (Lipinski definition) is 10. The van der Waals surface area contributed by atoms with Gasteiger partial charge in [0.1, 0.15) is 23.0 Å². The summed E-state index contributed by atoms with van der Waals surface area (Å²) in [6, 6.07) is 2.08. The first-order valence-electron chi connectivity index (χ1n) is 32.3. The molecule has 0 aromatic rings. The molecule has 0 unspecified atom stereocenters. The standard InChI is InChI=1S/C11H22N2O.C10H16N2O.C10H18O.C9H18ClNO.C9H17ClO.C9H17NO.C8H15NO.C7H14ClNO/c1-11(2,3)9-12-10(14)7-6-8-13(4)5;1-9(2,3)7-12-8(13)10(6-11)4-5-10;1-5-9(11)7-6-8-10(2,3)4;1-9(2,3)5-6-11(4)8(12)7-10;1-9(2,3)6-4-5-8(11)7-10;1-5-6-8(11)10-7-9(2,3)4;1-5-7(10)9-6-8(2,3)4;1-7(2,3)5-9-6(10)4-8/h6-7H,8-9H2,1-5H3,(H,12,14);4-5,7H2,1-3H3,(H,12,13);5H,1,6-8H2,2-4H3;5-7H2,1-4H3;4-7H2,1-3H3;5-6H,7H2,1-4H3,(H,10,11);5H,1,6H2,2-4H3,(H,9,10);4-5H2,1-3H3,(H,9,10)/b7-6+;;;;;6-5+;;. The van der Waals surface area contributed by atoms with E-state index in [4.69, 9.17) is 40.1 Å². The van der Waals surface area contributed by atoms with Gasteiger partial charge >= 0.3 is 0 Å². The van der Waals surface area contributed by atoms with Crippen molar-refractivity contribution in [3.63, 3.8) is 0 Å². The molecule has 92 heavy (non-hydrogen) atoms. The Bertz CT molecular complexity index is 2200. The van der Waals surface area contributed by atoms with E-state index in [-0.39, 0.29) is 97.1 Å². The van der Waals surface area contributed by atoms with E-state index in [9.17, 15) is 38.4 Å². The Hall–Kier alpha value is -4.56. The summed E-state index contributed by atoms with van der Waals surface area (Å²) >= 11 is 16.0. The van der Waals surface area contributed by atoms with Crippen LogP contribution in [0.1, 0.15) is 231 Å². The van der Waals surface area contributed by atoms with Gasteiger partial charge in [-0.15, -0.1) is 34.8 Å². The summed E-state index contributed by atoms with van der Waals surface area (Å²) in [5.41, 5.74) is 0.976. The van der Waals surface area contributed by atoms with Gasteiger partial charge in [0.25, 0.3) is 0 Å². The molecule has 1 fully saturated rings. The van der Waals surface area contributed by atoms with Gasteiger partial charge in [-0.1, -0.05) is 191 Å². The van der Waals surface area contributed by atoms with E-state index in [1.165, 1.54) is 18.2 Å². The molecule has 0 radical (unpaired) electrons. The fourth-order valence-electron chi connectivity index (χ4n) is 5.72. The van der Waals surface area contributed by atoms with E-state index in [0.29, 0.717) is 49.9 Å². The molecular weight excluding hydrogens is 1220 g/mol. The third-order valence-electron chi connectivity index (χ3n) is 11.6. The second kappa shape index (κ2) is 51.7. The number of amides is 6.